The molecule has 0 amide bonds. The van der Waals surface area contributed by atoms with Crippen LogP contribution in [0, 0.1) is 18.6 Å². The molecule has 0 bridgehead atoms. The Kier molecular flexibility index (Phi) is 3.53. The van der Waals surface area contributed by atoms with E-state index in [9.17, 15) is 17.2 Å². The Bertz CT molecular complexity index is 694. The van der Waals surface area contributed by atoms with Gasteiger partial charge in [-0.05, 0) is 55.0 Å². The van der Waals surface area contributed by atoms with Crippen LogP contribution in [0.4, 0.5) is 8.78 Å². The summed E-state index contributed by atoms with van der Waals surface area (Å²) in [6, 6.07) is 7.84. The van der Waals surface area contributed by atoms with Gasteiger partial charge in [-0.2, -0.15) is 8.42 Å². The molecule has 6 heteroatoms. The highest BCUT2D eigenvalue weighted by atomic mass is 32.2. The van der Waals surface area contributed by atoms with Gasteiger partial charge in [0.15, 0.2) is 0 Å². The van der Waals surface area contributed by atoms with Crippen molar-refractivity contribution in [3.05, 3.63) is 59.7 Å². The minimum atomic E-state index is -4.05. The van der Waals surface area contributed by atoms with Crippen LogP contribution in [0.3, 0.4) is 0 Å². The Balaban J connectivity index is 2.30. The first-order valence-corrected chi connectivity index (χ1v) is 6.75. The summed E-state index contributed by atoms with van der Waals surface area (Å²) < 4.78 is 54.4. The van der Waals surface area contributed by atoms with Gasteiger partial charge in [0, 0.05) is 0 Å². The van der Waals surface area contributed by atoms with Gasteiger partial charge in [0.1, 0.15) is 22.3 Å². The molecular formula is C13H10F2O3S. The number of rotatable bonds is 3. The van der Waals surface area contributed by atoms with Gasteiger partial charge in [0.25, 0.3) is 0 Å². The molecule has 0 saturated heterocycles. The number of aryl methyl sites for hydroxylation is 1. The molecule has 0 spiro atoms. The van der Waals surface area contributed by atoms with Crippen LogP contribution >= 0.6 is 0 Å². The maximum Gasteiger partial charge on any atom is 0.339 e. The van der Waals surface area contributed by atoms with Crippen molar-refractivity contribution in [2.45, 2.75) is 11.8 Å². The molecule has 0 saturated carbocycles. The number of hydrogen-bond acceptors (Lipinski definition) is 3. The second kappa shape index (κ2) is 4.97. The smallest absolute Gasteiger partial charge is 0.339 e. The van der Waals surface area contributed by atoms with Crippen molar-refractivity contribution in [2.75, 3.05) is 0 Å². The van der Waals surface area contributed by atoms with E-state index in [2.05, 4.69) is 0 Å². The van der Waals surface area contributed by atoms with Crippen molar-refractivity contribution in [1.29, 1.82) is 0 Å². The number of benzene rings is 2. The standard InChI is InChI=1S/C13H10F2O3S/c1-9-8-11(4-7-13(9)15)18-19(16,17)12-5-2-10(14)3-6-12/h2-8H,1H3. The molecule has 2 aromatic carbocycles. The van der Waals surface area contributed by atoms with Gasteiger partial charge in [-0.25, -0.2) is 8.78 Å². The van der Waals surface area contributed by atoms with E-state index >= 15 is 0 Å². The van der Waals surface area contributed by atoms with Crippen molar-refractivity contribution in [3.63, 3.8) is 0 Å². The Morgan fingerprint density at radius 1 is 1.00 bits per heavy atom. The van der Waals surface area contributed by atoms with Crippen LogP contribution in [-0.4, -0.2) is 8.42 Å². The monoisotopic (exact) mass is 284 g/mol. The molecule has 0 aliphatic carbocycles. The average Bonchev–Trinajstić information content (AvgIpc) is 2.34. The molecule has 0 N–H and O–H groups in total. The zero-order valence-electron chi connectivity index (χ0n) is 9.93. The first-order valence-electron chi connectivity index (χ1n) is 5.35. The lowest BCUT2D eigenvalue weighted by Crippen LogP contribution is -2.09. The van der Waals surface area contributed by atoms with E-state index < -0.39 is 21.8 Å². The van der Waals surface area contributed by atoms with E-state index in [1.54, 1.807) is 0 Å². The summed E-state index contributed by atoms with van der Waals surface area (Å²) in [5, 5.41) is 0. The average molecular weight is 284 g/mol. The molecule has 0 heterocycles. The van der Waals surface area contributed by atoms with Crippen LogP contribution in [0.15, 0.2) is 47.4 Å². The second-order valence-electron chi connectivity index (χ2n) is 3.90. The molecule has 0 aromatic heterocycles. The van der Waals surface area contributed by atoms with Crippen LogP contribution in [0.2, 0.25) is 0 Å². The fourth-order valence-electron chi connectivity index (χ4n) is 1.45. The summed E-state index contributed by atoms with van der Waals surface area (Å²) in [5.41, 5.74) is 0.270. The van der Waals surface area contributed by atoms with Gasteiger partial charge in [0.2, 0.25) is 0 Å². The zero-order valence-corrected chi connectivity index (χ0v) is 10.7. The third-order valence-corrected chi connectivity index (χ3v) is 3.70. The predicted molar refractivity (Wildman–Crippen MR) is 65.4 cm³/mol. The van der Waals surface area contributed by atoms with E-state index in [1.165, 1.54) is 19.1 Å². The second-order valence-corrected chi connectivity index (χ2v) is 5.45. The minimum absolute atomic E-state index is 0.00299. The summed E-state index contributed by atoms with van der Waals surface area (Å²) in [6.07, 6.45) is 0. The molecule has 0 atom stereocenters. The highest BCUT2D eigenvalue weighted by Gasteiger charge is 2.17. The SMILES string of the molecule is Cc1cc(OS(=O)(=O)c2ccc(F)cc2)ccc1F. The number of hydrogen-bond donors (Lipinski definition) is 0. The lowest BCUT2D eigenvalue weighted by Gasteiger charge is -2.07. The molecule has 0 fully saturated rings. The van der Waals surface area contributed by atoms with Gasteiger partial charge >= 0.3 is 10.1 Å². The molecule has 19 heavy (non-hydrogen) atoms. The van der Waals surface area contributed by atoms with Crippen molar-refractivity contribution >= 4 is 10.1 Å². The summed E-state index contributed by atoms with van der Waals surface area (Å²) in [7, 11) is -4.05. The van der Waals surface area contributed by atoms with E-state index in [4.69, 9.17) is 4.18 Å². The predicted octanol–water partition coefficient (Wildman–Crippen LogP) is 3.04. The molecular weight excluding hydrogens is 274 g/mol. The Morgan fingerprint density at radius 3 is 2.21 bits per heavy atom. The van der Waals surface area contributed by atoms with E-state index in [-0.39, 0.29) is 16.2 Å². The fourth-order valence-corrected chi connectivity index (χ4v) is 2.37. The molecule has 100 valence electrons. The molecule has 0 unspecified atom stereocenters. The maximum atomic E-state index is 13.1. The van der Waals surface area contributed by atoms with Gasteiger partial charge < -0.3 is 4.18 Å². The lowest BCUT2D eigenvalue weighted by atomic mass is 10.2. The van der Waals surface area contributed by atoms with E-state index in [0.29, 0.717) is 0 Å². The zero-order chi connectivity index (χ0) is 14.0. The highest BCUT2D eigenvalue weighted by Crippen LogP contribution is 2.21. The van der Waals surface area contributed by atoms with Gasteiger partial charge in [-0.15, -0.1) is 0 Å². The Labute approximate surface area is 109 Å². The first-order chi connectivity index (χ1) is 8.88. The van der Waals surface area contributed by atoms with Crippen LogP contribution in [0.25, 0.3) is 0 Å². The molecule has 2 rings (SSSR count). The topological polar surface area (TPSA) is 43.4 Å². The third kappa shape index (κ3) is 3.08. The molecule has 3 nitrogen and oxygen atoms in total. The van der Waals surface area contributed by atoms with E-state index in [1.807, 2.05) is 0 Å². The lowest BCUT2D eigenvalue weighted by molar-refractivity contribution is 0.484. The summed E-state index contributed by atoms with van der Waals surface area (Å²) in [5.74, 6) is -0.994. The quantitative estimate of drug-likeness (QED) is 0.814. The van der Waals surface area contributed by atoms with Crippen molar-refractivity contribution in [1.82, 2.24) is 0 Å². The van der Waals surface area contributed by atoms with Crippen LogP contribution in [0.5, 0.6) is 5.75 Å². The number of halogens is 2. The summed E-state index contributed by atoms with van der Waals surface area (Å²) in [4.78, 5) is -0.170. The maximum absolute atomic E-state index is 13.1. The molecule has 0 aliphatic heterocycles. The Morgan fingerprint density at radius 2 is 1.63 bits per heavy atom. The van der Waals surface area contributed by atoms with Gasteiger partial charge in [-0.3, -0.25) is 0 Å². The van der Waals surface area contributed by atoms with Gasteiger partial charge in [-0.1, -0.05) is 0 Å². The van der Waals surface area contributed by atoms with Gasteiger partial charge in [0.05, 0.1) is 0 Å². The molecule has 2 aromatic rings. The van der Waals surface area contributed by atoms with Crippen LogP contribution < -0.4 is 4.18 Å². The van der Waals surface area contributed by atoms with E-state index in [0.717, 1.165) is 30.3 Å². The summed E-state index contributed by atoms with van der Waals surface area (Å²) >= 11 is 0. The minimum Gasteiger partial charge on any atom is -0.379 e. The molecule has 0 aliphatic rings. The summed E-state index contributed by atoms with van der Waals surface area (Å²) in [6.45, 7) is 1.49. The van der Waals surface area contributed by atoms with Crippen molar-refractivity contribution in [2.24, 2.45) is 0 Å². The molecule has 0 radical (unpaired) electrons. The Hall–Kier alpha value is -1.95. The van der Waals surface area contributed by atoms with Crippen molar-refractivity contribution in [3.8, 4) is 5.75 Å². The first kappa shape index (κ1) is 13.5. The fraction of sp³-hybridized carbons (Fsp3) is 0.0769. The van der Waals surface area contributed by atoms with Crippen LogP contribution in [0.1, 0.15) is 5.56 Å². The van der Waals surface area contributed by atoms with Crippen LogP contribution in [-0.2, 0) is 10.1 Å². The largest absolute Gasteiger partial charge is 0.379 e. The van der Waals surface area contributed by atoms with Crippen molar-refractivity contribution < 1.29 is 21.4 Å². The highest BCUT2D eigenvalue weighted by molar-refractivity contribution is 7.87. The third-order valence-electron chi connectivity index (χ3n) is 2.44. The normalized spacial score (nSPS) is 11.3.